The lowest BCUT2D eigenvalue weighted by Gasteiger charge is -2.12. The number of nitrogens with zero attached hydrogens (tertiary/aromatic N) is 2. The number of halogens is 1. The Balaban J connectivity index is 2.30. The number of aliphatic imine (C=N–C) groups is 1. The lowest BCUT2D eigenvalue weighted by atomic mass is 9.99. The average molecular weight is 301 g/mol. The van der Waals surface area contributed by atoms with E-state index in [0.717, 1.165) is 23.7 Å². The zero-order valence-electron chi connectivity index (χ0n) is 12.8. The predicted octanol–water partition coefficient (Wildman–Crippen LogP) is 4.85. The Hall–Kier alpha value is -1.80. The van der Waals surface area contributed by atoms with Gasteiger partial charge in [-0.05, 0) is 49.1 Å². The topological polar surface area (TPSA) is 15.6 Å². The van der Waals surface area contributed by atoms with Crippen molar-refractivity contribution in [2.45, 2.75) is 20.3 Å². The minimum atomic E-state index is 0.734. The largest absolute Gasteiger partial charge is 0.366 e. The quantitative estimate of drug-likeness (QED) is 0.569. The molecule has 0 fully saturated rings. The smallest absolute Gasteiger partial charge is 0.0909 e. The van der Waals surface area contributed by atoms with Crippen LogP contribution in [0.25, 0.3) is 0 Å². The van der Waals surface area contributed by atoms with E-state index in [0.29, 0.717) is 0 Å². The standard InChI is InChI=1S/C18H21ClN2/c1-4-21(3)13-20-18-12-17(19)11-16(14(18)2)10-15-8-6-5-7-9-15/h5-9,11-13H,4,10H2,1-3H3/b20-13-. The summed E-state index contributed by atoms with van der Waals surface area (Å²) in [6.07, 6.45) is 2.73. The summed E-state index contributed by atoms with van der Waals surface area (Å²) in [6.45, 7) is 5.13. The Bertz CT molecular complexity index is 621. The van der Waals surface area contributed by atoms with Gasteiger partial charge in [-0.25, -0.2) is 4.99 Å². The van der Waals surface area contributed by atoms with Gasteiger partial charge in [0.05, 0.1) is 12.0 Å². The molecule has 0 amide bonds. The summed E-state index contributed by atoms with van der Waals surface area (Å²) >= 11 is 6.25. The minimum Gasteiger partial charge on any atom is -0.366 e. The first-order valence-corrected chi connectivity index (χ1v) is 7.55. The van der Waals surface area contributed by atoms with Crippen molar-refractivity contribution in [2.24, 2.45) is 4.99 Å². The van der Waals surface area contributed by atoms with Crippen LogP contribution in [0.1, 0.15) is 23.6 Å². The fourth-order valence-electron chi connectivity index (χ4n) is 2.10. The molecule has 110 valence electrons. The van der Waals surface area contributed by atoms with Crippen molar-refractivity contribution in [1.29, 1.82) is 0 Å². The molecule has 0 heterocycles. The molecule has 0 aliphatic heterocycles. The first-order chi connectivity index (χ1) is 10.1. The van der Waals surface area contributed by atoms with E-state index in [2.05, 4.69) is 43.1 Å². The average Bonchev–Trinajstić information content (AvgIpc) is 2.49. The van der Waals surface area contributed by atoms with Gasteiger partial charge >= 0.3 is 0 Å². The van der Waals surface area contributed by atoms with Crippen LogP contribution in [0, 0.1) is 6.92 Å². The molecule has 0 N–H and O–H groups in total. The Morgan fingerprint density at radius 1 is 1.19 bits per heavy atom. The maximum absolute atomic E-state index is 6.25. The normalized spacial score (nSPS) is 11.0. The van der Waals surface area contributed by atoms with Crippen molar-refractivity contribution in [3.8, 4) is 0 Å². The summed E-state index contributed by atoms with van der Waals surface area (Å²) in [5, 5.41) is 0.734. The second-order valence-electron chi connectivity index (χ2n) is 5.19. The molecule has 3 heteroatoms. The molecule has 2 nitrogen and oxygen atoms in total. The lowest BCUT2D eigenvalue weighted by Crippen LogP contribution is -2.14. The fourth-order valence-corrected chi connectivity index (χ4v) is 2.33. The maximum atomic E-state index is 6.25. The third-order valence-corrected chi connectivity index (χ3v) is 3.80. The highest BCUT2D eigenvalue weighted by atomic mass is 35.5. The molecule has 0 aliphatic rings. The second kappa shape index (κ2) is 7.28. The summed E-state index contributed by atoms with van der Waals surface area (Å²) < 4.78 is 0. The van der Waals surface area contributed by atoms with Crippen molar-refractivity contribution < 1.29 is 0 Å². The summed E-state index contributed by atoms with van der Waals surface area (Å²) in [5.41, 5.74) is 4.63. The predicted molar refractivity (Wildman–Crippen MR) is 91.9 cm³/mol. The van der Waals surface area contributed by atoms with E-state index in [1.165, 1.54) is 16.7 Å². The number of rotatable bonds is 5. The minimum absolute atomic E-state index is 0.734. The molecular weight excluding hydrogens is 280 g/mol. The lowest BCUT2D eigenvalue weighted by molar-refractivity contribution is 0.552. The molecule has 0 bridgehead atoms. The van der Waals surface area contributed by atoms with Gasteiger partial charge in [0.1, 0.15) is 0 Å². The van der Waals surface area contributed by atoms with Crippen LogP contribution in [0.15, 0.2) is 47.5 Å². The van der Waals surface area contributed by atoms with E-state index in [1.807, 2.05) is 36.5 Å². The molecule has 21 heavy (non-hydrogen) atoms. The van der Waals surface area contributed by atoms with Gasteiger partial charge in [-0.1, -0.05) is 41.9 Å². The number of hydrogen-bond donors (Lipinski definition) is 0. The van der Waals surface area contributed by atoms with Gasteiger partial charge in [0.25, 0.3) is 0 Å². The van der Waals surface area contributed by atoms with E-state index in [9.17, 15) is 0 Å². The molecule has 0 atom stereocenters. The van der Waals surface area contributed by atoms with Crippen LogP contribution >= 0.6 is 11.6 Å². The molecule has 0 saturated heterocycles. The molecular formula is C18H21ClN2. The van der Waals surface area contributed by atoms with Crippen LogP contribution in [0.4, 0.5) is 5.69 Å². The highest BCUT2D eigenvalue weighted by molar-refractivity contribution is 6.31. The highest BCUT2D eigenvalue weighted by Gasteiger charge is 2.07. The molecule has 0 aromatic heterocycles. The first kappa shape index (κ1) is 15.6. The van der Waals surface area contributed by atoms with Gasteiger partial charge in [0.2, 0.25) is 0 Å². The zero-order valence-corrected chi connectivity index (χ0v) is 13.6. The van der Waals surface area contributed by atoms with Crippen molar-refractivity contribution >= 4 is 23.6 Å². The zero-order chi connectivity index (χ0) is 15.2. The van der Waals surface area contributed by atoms with E-state index in [1.54, 1.807) is 0 Å². The third kappa shape index (κ3) is 4.33. The Kier molecular flexibility index (Phi) is 5.40. The number of benzene rings is 2. The second-order valence-corrected chi connectivity index (χ2v) is 5.63. The van der Waals surface area contributed by atoms with Gasteiger partial charge in [0, 0.05) is 18.6 Å². The molecule has 0 spiro atoms. The molecule has 0 saturated carbocycles. The van der Waals surface area contributed by atoms with Crippen LogP contribution in [-0.4, -0.2) is 24.8 Å². The maximum Gasteiger partial charge on any atom is 0.0909 e. The Labute approximate surface area is 132 Å². The van der Waals surface area contributed by atoms with Crippen LogP contribution in [-0.2, 0) is 6.42 Å². The summed E-state index contributed by atoms with van der Waals surface area (Å²) in [7, 11) is 2.01. The van der Waals surface area contributed by atoms with Crippen LogP contribution in [0.2, 0.25) is 5.02 Å². The van der Waals surface area contributed by atoms with Crippen molar-refractivity contribution in [2.75, 3.05) is 13.6 Å². The third-order valence-electron chi connectivity index (χ3n) is 3.58. The summed E-state index contributed by atoms with van der Waals surface area (Å²) in [6, 6.07) is 14.4. The van der Waals surface area contributed by atoms with Crippen molar-refractivity contribution in [3.63, 3.8) is 0 Å². The highest BCUT2D eigenvalue weighted by Crippen LogP contribution is 2.28. The van der Waals surface area contributed by atoms with Gasteiger partial charge in [0.15, 0.2) is 0 Å². The van der Waals surface area contributed by atoms with Gasteiger partial charge in [-0.15, -0.1) is 0 Å². The van der Waals surface area contributed by atoms with Crippen LogP contribution in [0.3, 0.4) is 0 Å². The number of hydrogen-bond acceptors (Lipinski definition) is 1. The van der Waals surface area contributed by atoms with Gasteiger partial charge < -0.3 is 4.90 Å². The molecule has 0 radical (unpaired) electrons. The summed E-state index contributed by atoms with van der Waals surface area (Å²) in [4.78, 5) is 6.60. The Morgan fingerprint density at radius 2 is 1.90 bits per heavy atom. The molecule has 2 aromatic rings. The first-order valence-electron chi connectivity index (χ1n) is 7.17. The fraction of sp³-hybridized carbons (Fsp3) is 0.278. The van der Waals surface area contributed by atoms with Crippen LogP contribution in [0.5, 0.6) is 0 Å². The van der Waals surface area contributed by atoms with E-state index in [-0.39, 0.29) is 0 Å². The summed E-state index contributed by atoms with van der Waals surface area (Å²) in [5.74, 6) is 0. The van der Waals surface area contributed by atoms with Crippen molar-refractivity contribution in [1.82, 2.24) is 4.90 Å². The van der Waals surface area contributed by atoms with E-state index in [4.69, 9.17) is 11.6 Å². The molecule has 0 aliphatic carbocycles. The molecule has 0 unspecified atom stereocenters. The SMILES string of the molecule is CCN(C)/C=N\c1cc(Cl)cc(Cc2ccccc2)c1C. The van der Waals surface area contributed by atoms with Crippen LogP contribution < -0.4 is 0 Å². The van der Waals surface area contributed by atoms with E-state index >= 15 is 0 Å². The van der Waals surface area contributed by atoms with Gasteiger partial charge in [-0.3, -0.25) is 0 Å². The van der Waals surface area contributed by atoms with Gasteiger partial charge in [-0.2, -0.15) is 0 Å². The van der Waals surface area contributed by atoms with Crippen molar-refractivity contribution in [3.05, 3.63) is 64.2 Å². The monoisotopic (exact) mass is 300 g/mol. The molecule has 2 rings (SSSR count). The molecule has 2 aromatic carbocycles. The Morgan fingerprint density at radius 3 is 2.57 bits per heavy atom. The van der Waals surface area contributed by atoms with E-state index < -0.39 is 0 Å².